The maximum Gasteiger partial charge on any atom is 0.241 e. The molecule has 4 aromatic rings. The molecule has 1 heterocycles. The van der Waals surface area contributed by atoms with E-state index in [0.717, 1.165) is 27.6 Å². The van der Waals surface area contributed by atoms with Gasteiger partial charge in [-0.1, -0.05) is 36.4 Å². The predicted octanol–water partition coefficient (Wildman–Crippen LogP) is 4.06. The van der Waals surface area contributed by atoms with Crippen LogP contribution in [0, 0.1) is 6.92 Å². The number of benzene rings is 3. The van der Waals surface area contributed by atoms with Crippen molar-refractivity contribution in [2.24, 2.45) is 0 Å². The van der Waals surface area contributed by atoms with Crippen LogP contribution in [-0.2, 0) is 21.4 Å². The van der Waals surface area contributed by atoms with E-state index in [9.17, 15) is 13.2 Å². The molecule has 35 heavy (non-hydrogen) atoms. The normalized spacial score (nSPS) is 11.1. The number of imidazole rings is 1. The van der Waals surface area contributed by atoms with Crippen molar-refractivity contribution < 1.29 is 17.9 Å². The Balaban J connectivity index is 1.45. The van der Waals surface area contributed by atoms with E-state index in [4.69, 9.17) is 4.74 Å². The molecule has 3 aromatic carbocycles. The average Bonchev–Trinajstić information content (AvgIpc) is 3.27. The minimum atomic E-state index is -3.70. The maximum atomic E-state index is 12.8. The molecule has 0 radical (unpaired) electrons. The zero-order valence-electron chi connectivity index (χ0n) is 19.5. The number of ether oxygens (including phenoxy) is 1. The summed E-state index contributed by atoms with van der Waals surface area (Å²) in [6.45, 7) is 1.80. The standard InChI is InChI=1S/C26H26N4O4S/c1-20-27-16-17-29(20)25-11-7-6-8-21(25)18-28-26(31)19-30(35(2,32)33)22-12-14-24(15-13-22)34-23-9-4-3-5-10-23/h3-17H,18-19H2,1-2H3,(H,28,31). The van der Waals surface area contributed by atoms with Gasteiger partial charge in [0.2, 0.25) is 15.9 Å². The van der Waals surface area contributed by atoms with Crippen molar-refractivity contribution in [1.82, 2.24) is 14.9 Å². The fourth-order valence-corrected chi connectivity index (χ4v) is 4.47. The SMILES string of the molecule is Cc1nccn1-c1ccccc1CNC(=O)CN(c1ccc(Oc2ccccc2)cc1)S(C)(=O)=O. The molecule has 0 aliphatic heterocycles. The van der Waals surface area contributed by atoms with Crippen molar-refractivity contribution in [1.29, 1.82) is 0 Å². The van der Waals surface area contributed by atoms with Crippen LogP contribution in [0.2, 0.25) is 0 Å². The second-order valence-electron chi connectivity index (χ2n) is 7.93. The molecule has 180 valence electrons. The van der Waals surface area contributed by atoms with E-state index in [0.29, 0.717) is 17.2 Å². The zero-order chi connectivity index (χ0) is 24.8. The minimum absolute atomic E-state index is 0.244. The molecule has 8 nitrogen and oxygen atoms in total. The Morgan fingerprint density at radius 2 is 1.63 bits per heavy atom. The van der Waals surface area contributed by atoms with Crippen LogP contribution in [-0.4, -0.2) is 36.7 Å². The summed E-state index contributed by atoms with van der Waals surface area (Å²) in [5, 5.41) is 2.83. The Morgan fingerprint density at radius 3 is 2.29 bits per heavy atom. The Kier molecular flexibility index (Phi) is 7.17. The fraction of sp³-hybridized carbons (Fsp3) is 0.154. The van der Waals surface area contributed by atoms with Gasteiger partial charge < -0.3 is 14.6 Å². The summed E-state index contributed by atoms with van der Waals surface area (Å²) in [6.07, 6.45) is 4.64. The topological polar surface area (TPSA) is 93.5 Å². The summed E-state index contributed by atoms with van der Waals surface area (Å²) in [4.78, 5) is 17.0. The van der Waals surface area contributed by atoms with E-state index in [1.165, 1.54) is 0 Å². The molecular formula is C26H26N4O4S. The lowest BCUT2D eigenvalue weighted by Gasteiger charge is -2.22. The molecule has 1 aromatic heterocycles. The number of nitrogens with one attached hydrogen (secondary N) is 1. The Bertz CT molecular complexity index is 1400. The molecule has 0 aliphatic carbocycles. The van der Waals surface area contributed by atoms with E-state index < -0.39 is 15.9 Å². The van der Waals surface area contributed by atoms with Gasteiger partial charge in [-0.05, 0) is 55.0 Å². The lowest BCUT2D eigenvalue weighted by Crippen LogP contribution is -2.40. The van der Waals surface area contributed by atoms with Gasteiger partial charge in [0.15, 0.2) is 0 Å². The van der Waals surface area contributed by atoms with Gasteiger partial charge in [-0.3, -0.25) is 9.10 Å². The molecular weight excluding hydrogens is 464 g/mol. The lowest BCUT2D eigenvalue weighted by atomic mass is 10.1. The van der Waals surface area contributed by atoms with Crippen LogP contribution in [0.15, 0.2) is 91.3 Å². The second kappa shape index (κ2) is 10.4. The van der Waals surface area contributed by atoms with Gasteiger partial charge in [0, 0.05) is 18.9 Å². The molecule has 0 saturated carbocycles. The summed E-state index contributed by atoms with van der Waals surface area (Å²) >= 11 is 0. The lowest BCUT2D eigenvalue weighted by molar-refractivity contribution is -0.119. The number of aryl methyl sites for hydroxylation is 1. The van der Waals surface area contributed by atoms with Gasteiger partial charge in [0.1, 0.15) is 23.9 Å². The predicted molar refractivity (Wildman–Crippen MR) is 135 cm³/mol. The summed E-state index contributed by atoms with van der Waals surface area (Å²) in [5.41, 5.74) is 2.16. The number of anilines is 1. The van der Waals surface area contributed by atoms with Crippen LogP contribution < -0.4 is 14.4 Å². The van der Waals surface area contributed by atoms with Crippen LogP contribution in [0.1, 0.15) is 11.4 Å². The first-order chi connectivity index (χ1) is 16.8. The van der Waals surface area contributed by atoms with Crippen LogP contribution >= 0.6 is 0 Å². The highest BCUT2D eigenvalue weighted by molar-refractivity contribution is 7.92. The molecule has 0 spiro atoms. The van der Waals surface area contributed by atoms with Crippen molar-refractivity contribution in [3.05, 3.63) is 103 Å². The van der Waals surface area contributed by atoms with Crippen molar-refractivity contribution in [2.75, 3.05) is 17.1 Å². The molecule has 1 N–H and O–H groups in total. The number of carbonyl (C=O) groups is 1. The fourth-order valence-electron chi connectivity index (χ4n) is 3.61. The van der Waals surface area contributed by atoms with Crippen LogP contribution in [0.5, 0.6) is 11.5 Å². The Morgan fingerprint density at radius 1 is 0.971 bits per heavy atom. The van der Waals surface area contributed by atoms with Crippen molar-refractivity contribution >= 4 is 21.6 Å². The third-order valence-corrected chi connectivity index (χ3v) is 6.48. The van der Waals surface area contributed by atoms with Crippen LogP contribution in [0.25, 0.3) is 5.69 Å². The first-order valence-corrected chi connectivity index (χ1v) is 12.8. The number of rotatable bonds is 9. The minimum Gasteiger partial charge on any atom is -0.457 e. The molecule has 0 atom stereocenters. The summed E-state index contributed by atoms with van der Waals surface area (Å²) in [6, 6.07) is 23.5. The monoisotopic (exact) mass is 490 g/mol. The van der Waals surface area contributed by atoms with Gasteiger partial charge >= 0.3 is 0 Å². The van der Waals surface area contributed by atoms with E-state index in [-0.39, 0.29) is 13.1 Å². The summed E-state index contributed by atoms with van der Waals surface area (Å²) in [7, 11) is -3.70. The Labute approximate surface area is 204 Å². The first kappa shape index (κ1) is 24.0. The van der Waals surface area contributed by atoms with Crippen molar-refractivity contribution in [3.8, 4) is 17.2 Å². The third-order valence-electron chi connectivity index (χ3n) is 5.34. The van der Waals surface area contributed by atoms with E-state index >= 15 is 0 Å². The highest BCUT2D eigenvalue weighted by Crippen LogP contribution is 2.25. The molecule has 1 amide bonds. The molecule has 0 bridgehead atoms. The third kappa shape index (κ3) is 6.07. The zero-order valence-corrected chi connectivity index (χ0v) is 20.3. The van der Waals surface area contributed by atoms with Gasteiger partial charge in [-0.2, -0.15) is 0 Å². The molecule has 0 fully saturated rings. The van der Waals surface area contributed by atoms with Crippen LogP contribution in [0.3, 0.4) is 0 Å². The van der Waals surface area contributed by atoms with E-state index in [1.54, 1.807) is 30.5 Å². The van der Waals surface area contributed by atoms with Crippen LogP contribution in [0.4, 0.5) is 5.69 Å². The van der Waals surface area contributed by atoms with Gasteiger partial charge in [0.05, 0.1) is 17.6 Å². The summed E-state index contributed by atoms with van der Waals surface area (Å²) in [5.74, 6) is 1.64. The number of para-hydroxylation sites is 2. The number of hydrogen-bond acceptors (Lipinski definition) is 5. The average molecular weight is 491 g/mol. The quantitative estimate of drug-likeness (QED) is 0.382. The molecule has 0 saturated heterocycles. The first-order valence-electron chi connectivity index (χ1n) is 11.0. The smallest absolute Gasteiger partial charge is 0.241 e. The highest BCUT2D eigenvalue weighted by atomic mass is 32.2. The van der Waals surface area contributed by atoms with Crippen molar-refractivity contribution in [3.63, 3.8) is 0 Å². The molecule has 9 heteroatoms. The largest absolute Gasteiger partial charge is 0.457 e. The highest BCUT2D eigenvalue weighted by Gasteiger charge is 2.21. The van der Waals surface area contributed by atoms with Gasteiger partial charge in [-0.25, -0.2) is 13.4 Å². The number of carbonyl (C=O) groups excluding carboxylic acids is 1. The maximum absolute atomic E-state index is 12.8. The Hall–Kier alpha value is -4.11. The number of nitrogens with zero attached hydrogens (tertiary/aromatic N) is 3. The van der Waals surface area contributed by atoms with Gasteiger partial charge in [-0.15, -0.1) is 0 Å². The summed E-state index contributed by atoms with van der Waals surface area (Å²) < 4.78 is 33.7. The van der Waals surface area contributed by atoms with Gasteiger partial charge in [0.25, 0.3) is 0 Å². The number of sulfonamides is 1. The van der Waals surface area contributed by atoms with E-state index in [1.807, 2.05) is 72.3 Å². The number of aromatic nitrogens is 2. The molecule has 4 rings (SSSR count). The van der Waals surface area contributed by atoms with E-state index in [2.05, 4.69) is 10.3 Å². The molecule has 0 aliphatic rings. The number of amides is 1. The number of hydrogen-bond donors (Lipinski definition) is 1. The van der Waals surface area contributed by atoms with Crippen molar-refractivity contribution in [2.45, 2.75) is 13.5 Å². The second-order valence-corrected chi connectivity index (χ2v) is 9.84. The molecule has 0 unspecified atom stereocenters.